The highest BCUT2D eigenvalue weighted by Crippen LogP contribution is 2.40. The average molecular weight is 251 g/mol. The molecule has 0 aromatic rings. The zero-order valence-corrected chi connectivity index (χ0v) is 11.6. The highest BCUT2D eigenvalue weighted by atomic mass is 16.5. The van der Waals surface area contributed by atoms with Crippen molar-refractivity contribution in [3.05, 3.63) is 0 Å². The molecule has 0 amide bonds. The number of nitriles is 1. The van der Waals surface area contributed by atoms with Crippen molar-refractivity contribution in [3.63, 3.8) is 0 Å². The van der Waals surface area contributed by atoms with Gasteiger partial charge in [-0.1, -0.05) is 6.92 Å². The lowest BCUT2D eigenvalue weighted by Gasteiger charge is -2.38. The third-order valence-corrected chi connectivity index (χ3v) is 3.96. The third kappa shape index (κ3) is 3.23. The zero-order chi connectivity index (χ0) is 13.0. The normalized spacial score (nSPS) is 28.6. The smallest absolute Gasteiger partial charge is 0.122 e. The van der Waals surface area contributed by atoms with Crippen molar-refractivity contribution in [1.29, 1.82) is 5.26 Å². The molecule has 0 bridgehead atoms. The lowest BCUT2D eigenvalue weighted by atomic mass is 9.93. The monoisotopic (exact) mass is 251 g/mol. The first-order valence-electron chi connectivity index (χ1n) is 7.20. The number of nitrogens with zero attached hydrogens (tertiary/aromatic N) is 2. The van der Waals surface area contributed by atoms with Gasteiger partial charge in [0.2, 0.25) is 0 Å². The molecule has 18 heavy (non-hydrogen) atoms. The second-order valence-corrected chi connectivity index (χ2v) is 5.70. The van der Waals surface area contributed by atoms with Crippen LogP contribution < -0.4 is 5.32 Å². The van der Waals surface area contributed by atoms with E-state index in [0.29, 0.717) is 12.0 Å². The largest absolute Gasteiger partial charge is 0.376 e. The highest BCUT2D eigenvalue weighted by Gasteiger charge is 2.46. The van der Waals surface area contributed by atoms with Gasteiger partial charge in [-0.3, -0.25) is 10.2 Å². The molecule has 0 radical (unpaired) electrons. The summed E-state index contributed by atoms with van der Waals surface area (Å²) in [6.45, 7) is 8.74. The van der Waals surface area contributed by atoms with E-state index < -0.39 is 0 Å². The predicted octanol–water partition coefficient (Wildman–Crippen LogP) is 1.38. The van der Waals surface area contributed by atoms with Crippen LogP contribution in [0.3, 0.4) is 0 Å². The standard InChI is InChI=1S/C14H25N3O/c1-3-6-16-14(10-15,13-4-5-13)11-17-7-8-18-12(2)9-17/h12-13,16H,3-9,11H2,1-2H3. The first-order valence-corrected chi connectivity index (χ1v) is 7.20. The molecule has 1 aliphatic carbocycles. The fraction of sp³-hybridized carbons (Fsp3) is 0.929. The molecule has 0 spiro atoms. The van der Waals surface area contributed by atoms with Gasteiger partial charge in [-0.05, 0) is 38.6 Å². The van der Waals surface area contributed by atoms with Crippen molar-refractivity contribution in [2.45, 2.75) is 44.8 Å². The fourth-order valence-corrected chi connectivity index (χ4v) is 2.81. The Morgan fingerprint density at radius 1 is 1.50 bits per heavy atom. The summed E-state index contributed by atoms with van der Waals surface area (Å²) in [5, 5.41) is 13.2. The van der Waals surface area contributed by atoms with Crippen LogP contribution in [0.15, 0.2) is 0 Å². The van der Waals surface area contributed by atoms with Crippen molar-refractivity contribution < 1.29 is 4.74 Å². The van der Waals surface area contributed by atoms with Crippen molar-refractivity contribution in [3.8, 4) is 6.07 Å². The summed E-state index contributed by atoms with van der Waals surface area (Å²) in [5.41, 5.74) is -0.326. The van der Waals surface area contributed by atoms with Crippen LogP contribution in [0.2, 0.25) is 0 Å². The van der Waals surface area contributed by atoms with E-state index >= 15 is 0 Å². The van der Waals surface area contributed by atoms with Crippen LogP contribution >= 0.6 is 0 Å². The molecule has 2 atom stereocenters. The summed E-state index contributed by atoms with van der Waals surface area (Å²) < 4.78 is 5.57. The average Bonchev–Trinajstić information content (AvgIpc) is 3.19. The molecule has 102 valence electrons. The SMILES string of the molecule is CCCNC(C#N)(CN1CCOC(C)C1)C1CC1. The van der Waals surface area contributed by atoms with E-state index in [4.69, 9.17) is 4.74 Å². The van der Waals surface area contributed by atoms with Gasteiger partial charge in [0.15, 0.2) is 0 Å². The summed E-state index contributed by atoms with van der Waals surface area (Å²) >= 11 is 0. The first kappa shape index (κ1) is 13.8. The van der Waals surface area contributed by atoms with Gasteiger partial charge in [-0.2, -0.15) is 5.26 Å². The molecule has 2 aliphatic rings. The predicted molar refractivity (Wildman–Crippen MR) is 71.2 cm³/mol. The van der Waals surface area contributed by atoms with Gasteiger partial charge in [0, 0.05) is 19.6 Å². The lowest BCUT2D eigenvalue weighted by molar-refractivity contribution is -0.0253. The molecule has 4 nitrogen and oxygen atoms in total. The second-order valence-electron chi connectivity index (χ2n) is 5.70. The van der Waals surface area contributed by atoms with Crippen LogP contribution in [-0.2, 0) is 4.74 Å². The van der Waals surface area contributed by atoms with E-state index in [2.05, 4.69) is 30.1 Å². The van der Waals surface area contributed by atoms with Gasteiger partial charge in [-0.15, -0.1) is 0 Å². The number of hydrogen-bond donors (Lipinski definition) is 1. The van der Waals surface area contributed by atoms with Crippen LogP contribution in [0.5, 0.6) is 0 Å². The summed E-state index contributed by atoms with van der Waals surface area (Å²) in [7, 11) is 0. The Bertz CT molecular complexity index is 311. The molecule has 1 heterocycles. The number of nitrogens with one attached hydrogen (secondary N) is 1. The Hall–Kier alpha value is -0.630. The van der Waals surface area contributed by atoms with Crippen molar-refractivity contribution in [1.82, 2.24) is 10.2 Å². The molecular formula is C14H25N3O. The van der Waals surface area contributed by atoms with Gasteiger partial charge < -0.3 is 4.74 Å². The molecule has 2 fully saturated rings. The van der Waals surface area contributed by atoms with E-state index in [9.17, 15) is 5.26 Å². The quantitative estimate of drug-likeness (QED) is 0.775. The number of ether oxygens (including phenoxy) is 1. The number of rotatable bonds is 6. The Morgan fingerprint density at radius 3 is 2.83 bits per heavy atom. The minimum Gasteiger partial charge on any atom is -0.376 e. The summed E-state index contributed by atoms with van der Waals surface area (Å²) in [6.07, 6.45) is 3.77. The van der Waals surface area contributed by atoms with Gasteiger partial charge in [-0.25, -0.2) is 0 Å². The van der Waals surface area contributed by atoms with Gasteiger partial charge >= 0.3 is 0 Å². The van der Waals surface area contributed by atoms with E-state index in [1.807, 2.05) is 0 Å². The molecule has 0 aromatic heterocycles. The topological polar surface area (TPSA) is 48.3 Å². The maximum atomic E-state index is 9.64. The molecule has 1 aliphatic heterocycles. The van der Waals surface area contributed by atoms with Crippen LogP contribution in [0, 0.1) is 17.2 Å². The van der Waals surface area contributed by atoms with E-state index in [1.54, 1.807) is 0 Å². The van der Waals surface area contributed by atoms with Crippen molar-refractivity contribution >= 4 is 0 Å². The minimum absolute atomic E-state index is 0.292. The number of morpholine rings is 1. The molecule has 4 heteroatoms. The Morgan fingerprint density at radius 2 is 2.28 bits per heavy atom. The van der Waals surface area contributed by atoms with Crippen molar-refractivity contribution in [2.24, 2.45) is 5.92 Å². The third-order valence-electron chi connectivity index (χ3n) is 3.96. The van der Waals surface area contributed by atoms with Crippen molar-refractivity contribution in [2.75, 3.05) is 32.8 Å². The summed E-state index contributed by atoms with van der Waals surface area (Å²) in [4.78, 5) is 2.39. The maximum Gasteiger partial charge on any atom is 0.122 e. The van der Waals surface area contributed by atoms with E-state index in [-0.39, 0.29) is 5.54 Å². The fourth-order valence-electron chi connectivity index (χ4n) is 2.81. The van der Waals surface area contributed by atoms with Gasteiger partial charge in [0.05, 0.1) is 18.8 Å². The molecule has 2 rings (SSSR count). The van der Waals surface area contributed by atoms with Crippen LogP contribution in [0.4, 0.5) is 0 Å². The van der Waals surface area contributed by atoms with Crippen LogP contribution in [0.1, 0.15) is 33.1 Å². The molecule has 1 N–H and O–H groups in total. The Kier molecular flexibility index (Phi) is 4.60. The zero-order valence-electron chi connectivity index (χ0n) is 11.6. The number of hydrogen-bond acceptors (Lipinski definition) is 4. The van der Waals surface area contributed by atoms with Gasteiger partial charge in [0.25, 0.3) is 0 Å². The Labute approximate surface area is 110 Å². The van der Waals surface area contributed by atoms with E-state index in [0.717, 1.165) is 39.2 Å². The maximum absolute atomic E-state index is 9.64. The van der Waals surface area contributed by atoms with Crippen LogP contribution in [0.25, 0.3) is 0 Å². The highest BCUT2D eigenvalue weighted by molar-refractivity contribution is 5.16. The summed E-state index contributed by atoms with van der Waals surface area (Å²) in [5.74, 6) is 0.548. The first-order chi connectivity index (χ1) is 8.70. The molecule has 1 saturated heterocycles. The molecule has 0 aromatic carbocycles. The molecule has 1 saturated carbocycles. The second kappa shape index (κ2) is 6.01. The minimum atomic E-state index is -0.326. The molecular weight excluding hydrogens is 226 g/mol. The van der Waals surface area contributed by atoms with Gasteiger partial charge in [0.1, 0.15) is 5.54 Å². The lowest BCUT2D eigenvalue weighted by Crippen LogP contribution is -2.57. The van der Waals surface area contributed by atoms with Crippen LogP contribution in [-0.4, -0.2) is 49.3 Å². The summed E-state index contributed by atoms with van der Waals surface area (Å²) in [6, 6.07) is 2.58. The molecule has 2 unspecified atom stereocenters. The van der Waals surface area contributed by atoms with E-state index in [1.165, 1.54) is 12.8 Å². The Balaban J connectivity index is 1.97.